The second kappa shape index (κ2) is 6.16. The van der Waals surface area contributed by atoms with E-state index >= 15 is 0 Å². The molecule has 1 aliphatic rings. The summed E-state index contributed by atoms with van der Waals surface area (Å²) in [4.78, 5) is 6.92. The van der Waals surface area contributed by atoms with Gasteiger partial charge in [0.25, 0.3) is 0 Å². The van der Waals surface area contributed by atoms with E-state index in [4.69, 9.17) is 4.74 Å². The van der Waals surface area contributed by atoms with Gasteiger partial charge in [0.15, 0.2) is 0 Å². The minimum absolute atomic E-state index is 0.556. The number of rotatable bonds is 4. The Balaban J connectivity index is 2.11. The number of nitrogens with one attached hydrogen (secondary N) is 1. The molecule has 0 unspecified atom stereocenters. The molecule has 18 heavy (non-hydrogen) atoms. The van der Waals surface area contributed by atoms with Crippen LogP contribution in [0.25, 0.3) is 0 Å². The third-order valence-corrected chi connectivity index (χ3v) is 3.56. The second-order valence-corrected chi connectivity index (χ2v) is 4.97. The minimum atomic E-state index is 0.556. The SMILES string of the molecule is CNCc1cnc(N(C)C2CCOCC2)c(C)c1. The van der Waals surface area contributed by atoms with Crippen LogP contribution >= 0.6 is 0 Å². The summed E-state index contributed by atoms with van der Waals surface area (Å²) < 4.78 is 5.41. The van der Waals surface area contributed by atoms with E-state index in [1.807, 2.05) is 13.2 Å². The first-order valence-corrected chi connectivity index (χ1v) is 6.63. The number of ether oxygens (including phenoxy) is 1. The van der Waals surface area contributed by atoms with E-state index in [2.05, 4.69) is 35.2 Å². The molecule has 4 nitrogen and oxygen atoms in total. The predicted octanol–water partition coefficient (Wildman–Crippen LogP) is 1.72. The molecule has 100 valence electrons. The van der Waals surface area contributed by atoms with Crippen molar-refractivity contribution in [2.24, 2.45) is 0 Å². The zero-order valence-corrected chi connectivity index (χ0v) is 11.6. The van der Waals surface area contributed by atoms with Gasteiger partial charge in [-0.15, -0.1) is 0 Å². The molecule has 1 aliphatic heterocycles. The van der Waals surface area contributed by atoms with Crippen LogP contribution in [0.1, 0.15) is 24.0 Å². The van der Waals surface area contributed by atoms with Gasteiger partial charge in [0.2, 0.25) is 0 Å². The van der Waals surface area contributed by atoms with Crippen molar-refractivity contribution in [3.8, 4) is 0 Å². The fourth-order valence-corrected chi connectivity index (χ4v) is 2.54. The van der Waals surface area contributed by atoms with Crippen LogP contribution in [0, 0.1) is 6.92 Å². The molecule has 2 heterocycles. The highest BCUT2D eigenvalue weighted by Gasteiger charge is 2.20. The summed E-state index contributed by atoms with van der Waals surface area (Å²) in [6.45, 7) is 4.74. The molecule has 0 amide bonds. The number of hydrogen-bond acceptors (Lipinski definition) is 4. The van der Waals surface area contributed by atoms with Gasteiger partial charge >= 0.3 is 0 Å². The Labute approximate surface area is 109 Å². The van der Waals surface area contributed by atoms with E-state index < -0.39 is 0 Å². The number of aryl methyl sites for hydroxylation is 1. The first kappa shape index (κ1) is 13.3. The first-order valence-electron chi connectivity index (χ1n) is 6.63. The van der Waals surface area contributed by atoms with E-state index in [0.29, 0.717) is 6.04 Å². The third-order valence-electron chi connectivity index (χ3n) is 3.56. The lowest BCUT2D eigenvalue weighted by molar-refractivity contribution is 0.0853. The Bertz CT molecular complexity index is 389. The van der Waals surface area contributed by atoms with E-state index in [-0.39, 0.29) is 0 Å². The van der Waals surface area contributed by atoms with Crippen LogP contribution in [0.2, 0.25) is 0 Å². The molecule has 0 aromatic carbocycles. The van der Waals surface area contributed by atoms with Gasteiger partial charge in [-0.05, 0) is 44.0 Å². The Morgan fingerprint density at radius 2 is 2.17 bits per heavy atom. The van der Waals surface area contributed by atoms with Gasteiger partial charge in [-0.3, -0.25) is 0 Å². The topological polar surface area (TPSA) is 37.4 Å². The van der Waals surface area contributed by atoms with Crippen molar-refractivity contribution in [2.45, 2.75) is 32.4 Å². The molecule has 0 aliphatic carbocycles. The van der Waals surface area contributed by atoms with Crippen molar-refractivity contribution in [2.75, 3.05) is 32.2 Å². The highest BCUT2D eigenvalue weighted by molar-refractivity contribution is 5.47. The van der Waals surface area contributed by atoms with Gasteiger partial charge in [0.1, 0.15) is 5.82 Å². The molecule has 0 bridgehead atoms. The van der Waals surface area contributed by atoms with Crippen molar-refractivity contribution < 1.29 is 4.74 Å². The molecular weight excluding hydrogens is 226 g/mol. The summed E-state index contributed by atoms with van der Waals surface area (Å²) in [5, 5.41) is 3.15. The van der Waals surface area contributed by atoms with E-state index in [1.54, 1.807) is 0 Å². The maximum absolute atomic E-state index is 5.41. The second-order valence-electron chi connectivity index (χ2n) is 4.97. The standard InChI is InChI=1S/C14H23N3O/c1-11-8-12(9-15-2)10-16-14(11)17(3)13-4-6-18-7-5-13/h8,10,13,15H,4-7,9H2,1-3H3. The number of anilines is 1. The Morgan fingerprint density at radius 3 is 2.78 bits per heavy atom. The van der Waals surface area contributed by atoms with Crippen molar-refractivity contribution in [3.05, 3.63) is 23.4 Å². The van der Waals surface area contributed by atoms with Crippen molar-refractivity contribution in [1.82, 2.24) is 10.3 Å². The van der Waals surface area contributed by atoms with Crippen molar-refractivity contribution in [1.29, 1.82) is 0 Å². The van der Waals surface area contributed by atoms with Crippen molar-refractivity contribution >= 4 is 5.82 Å². The Hall–Kier alpha value is -1.13. The fourth-order valence-electron chi connectivity index (χ4n) is 2.54. The number of pyridine rings is 1. The van der Waals surface area contributed by atoms with Gasteiger partial charge in [-0.2, -0.15) is 0 Å². The van der Waals surface area contributed by atoms with Gasteiger partial charge in [-0.1, -0.05) is 0 Å². The highest BCUT2D eigenvalue weighted by atomic mass is 16.5. The van der Waals surface area contributed by atoms with E-state index in [0.717, 1.165) is 38.4 Å². The molecule has 0 atom stereocenters. The van der Waals surface area contributed by atoms with Crippen LogP contribution in [0.15, 0.2) is 12.3 Å². The van der Waals surface area contributed by atoms with E-state index in [9.17, 15) is 0 Å². The maximum atomic E-state index is 5.41. The summed E-state index contributed by atoms with van der Waals surface area (Å²) in [7, 11) is 4.10. The summed E-state index contributed by atoms with van der Waals surface area (Å²) >= 11 is 0. The normalized spacial score (nSPS) is 16.8. The summed E-state index contributed by atoms with van der Waals surface area (Å²) in [6.07, 6.45) is 4.15. The monoisotopic (exact) mass is 249 g/mol. The number of hydrogen-bond donors (Lipinski definition) is 1. The Morgan fingerprint density at radius 1 is 1.44 bits per heavy atom. The molecule has 1 aromatic heterocycles. The van der Waals surface area contributed by atoms with Crippen LogP contribution in [0.3, 0.4) is 0 Å². The number of aromatic nitrogens is 1. The van der Waals surface area contributed by atoms with Crippen LogP contribution in [0.4, 0.5) is 5.82 Å². The minimum Gasteiger partial charge on any atom is -0.381 e. The molecule has 1 saturated heterocycles. The van der Waals surface area contributed by atoms with Gasteiger partial charge in [0.05, 0.1) is 0 Å². The van der Waals surface area contributed by atoms with Crippen LogP contribution in [-0.2, 0) is 11.3 Å². The molecule has 1 N–H and O–H groups in total. The highest BCUT2D eigenvalue weighted by Crippen LogP contribution is 2.23. The zero-order valence-electron chi connectivity index (χ0n) is 11.6. The van der Waals surface area contributed by atoms with Crippen LogP contribution < -0.4 is 10.2 Å². The lowest BCUT2D eigenvalue weighted by atomic mass is 10.1. The lowest BCUT2D eigenvalue weighted by Crippen LogP contribution is -2.37. The quantitative estimate of drug-likeness (QED) is 0.882. The molecular formula is C14H23N3O. The lowest BCUT2D eigenvalue weighted by Gasteiger charge is -2.33. The van der Waals surface area contributed by atoms with Crippen LogP contribution in [-0.4, -0.2) is 38.3 Å². The average molecular weight is 249 g/mol. The molecule has 0 radical (unpaired) electrons. The van der Waals surface area contributed by atoms with E-state index in [1.165, 1.54) is 11.1 Å². The first-order chi connectivity index (χ1) is 8.72. The van der Waals surface area contributed by atoms with Gasteiger partial charge in [-0.25, -0.2) is 4.98 Å². The van der Waals surface area contributed by atoms with Gasteiger partial charge < -0.3 is 15.0 Å². The largest absolute Gasteiger partial charge is 0.381 e. The molecule has 1 fully saturated rings. The zero-order chi connectivity index (χ0) is 13.0. The molecule has 0 saturated carbocycles. The Kier molecular flexibility index (Phi) is 4.55. The predicted molar refractivity (Wildman–Crippen MR) is 74.0 cm³/mol. The number of nitrogens with zero attached hydrogens (tertiary/aromatic N) is 2. The average Bonchev–Trinajstić information content (AvgIpc) is 2.40. The van der Waals surface area contributed by atoms with Gasteiger partial charge in [0, 0.05) is 39.0 Å². The summed E-state index contributed by atoms with van der Waals surface area (Å²) in [5.41, 5.74) is 2.48. The summed E-state index contributed by atoms with van der Waals surface area (Å²) in [6, 6.07) is 2.77. The fraction of sp³-hybridized carbons (Fsp3) is 0.643. The smallest absolute Gasteiger partial charge is 0.131 e. The van der Waals surface area contributed by atoms with Crippen LogP contribution in [0.5, 0.6) is 0 Å². The maximum Gasteiger partial charge on any atom is 0.131 e. The summed E-state index contributed by atoms with van der Waals surface area (Å²) in [5.74, 6) is 1.10. The molecule has 0 spiro atoms. The molecule has 2 rings (SSSR count). The molecule has 1 aromatic rings. The molecule has 4 heteroatoms. The third kappa shape index (κ3) is 3.00. The van der Waals surface area contributed by atoms with Crippen molar-refractivity contribution in [3.63, 3.8) is 0 Å².